The molecule has 8 rings (SSSR count). The van der Waals surface area contributed by atoms with E-state index in [2.05, 4.69) is 30.2 Å². The molecule has 3 fully saturated rings. The van der Waals surface area contributed by atoms with Gasteiger partial charge in [-0.3, -0.25) is 0 Å². The number of fused-ring (bicyclic) bond motifs is 7. The van der Waals surface area contributed by atoms with Crippen LogP contribution in [0.1, 0.15) is 18.4 Å². The van der Waals surface area contributed by atoms with E-state index in [-0.39, 0.29) is 0 Å². The summed E-state index contributed by atoms with van der Waals surface area (Å²) in [4.78, 5) is 25.2. The molecule has 1 N–H and O–H groups in total. The third-order valence-corrected chi connectivity index (χ3v) is 8.46. The van der Waals surface area contributed by atoms with E-state index in [0.29, 0.717) is 40.9 Å². The smallest absolute Gasteiger partial charge is 0.226 e. The van der Waals surface area contributed by atoms with Crippen LogP contribution in [0.15, 0.2) is 55.2 Å². The van der Waals surface area contributed by atoms with Crippen LogP contribution >= 0.6 is 0 Å². The number of rotatable bonds is 5. The molecule has 196 valence electrons. The van der Waals surface area contributed by atoms with Crippen LogP contribution in [0.3, 0.4) is 0 Å². The van der Waals surface area contributed by atoms with Crippen molar-refractivity contribution < 1.29 is 9.47 Å². The third kappa shape index (κ3) is 3.77. The zero-order chi connectivity index (χ0) is 26.1. The first-order chi connectivity index (χ1) is 19.1. The molecule has 0 saturated carbocycles. The number of anilines is 3. The molecule has 3 aromatic heterocycles. The lowest BCUT2D eigenvalue weighted by atomic mass is 9.82. The molecule has 6 heterocycles. The van der Waals surface area contributed by atoms with Gasteiger partial charge < -0.3 is 24.3 Å². The summed E-state index contributed by atoms with van der Waals surface area (Å²) in [5.41, 5.74) is 5.28. The summed E-state index contributed by atoms with van der Waals surface area (Å²) < 4.78 is 14.3. The molecule has 0 spiro atoms. The molecule has 3 aliphatic heterocycles. The highest BCUT2D eigenvalue weighted by molar-refractivity contribution is 5.87. The normalized spacial score (nSPS) is 23.6. The van der Waals surface area contributed by atoms with Crippen molar-refractivity contribution in [3.05, 3.63) is 60.8 Å². The number of hydrogen-bond acceptors (Lipinski definition) is 9. The van der Waals surface area contributed by atoms with Crippen molar-refractivity contribution in [2.24, 2.45) is 18.9 Å². The highest BCUT2D eigenvalue weighted by atomic mass is 16.5. The van der Waals surface area contributed by atoms with E-state index < -0.39 is 0 Å². The molecule has 5 aromatic rings. The third-order valence-electron chi connectivity index (χ3n) is 8.46. The largest absolute Gasteiger partial charge is 0.457 e. The zero-order valence-electron chi connectivity index (χ0n) is 21.8. The fraction of sp³-hybridized carbons (Fsp3) is 0.345. The van der Waals surface area contributed by atoms with Gasteiger partial charge in [-0.15, -0.1) is 0 Å². The van der Waals surface area contributed by atoms with E-state index >= 15 is 0 Å². The van der Waals surface area contributed by atoms with Crippen LogP contribution in [0, 0.1) is 18.8 Å². The van der Waals surface area contributed by atoms with Gasteiger partial charge in [0.25, 0.3) is 0 Å². The van der Waals surface area contributed by atoms with Crippen molar-refractivity contribution in [1.82, 2.24) is 29.5 Å². The van der Waals surface area contributed by atoms with Crippen LogP contribution in [0.4, 0.5) is 17.5 Å². The van der Waals surface area contributed by atoms with Gasteiger partial charge in [-0.2, -0.15) is 0 Å². The van der Waals surface area contributed by atoms with Crippen molar-refractivity contribution in [2.45, 2.75) is 32.0 Å². The molecule has 39 heavy (non-hydrogen) atoms. The van der Waals surface area contributed by atoms with Gasteiger partial charge in [0.1, 0.15) is 28.9 Å². The van der Waals surface area contributed by atoms with Crippen LogP contribution in [0.5, 0.6) is 11.5 Å². The predicted octanol–water partition coefficient (Wildman–Crippen LogP) is 4.76. The molecule has 3 aliphatic rings. The van der Waals surface area contributed by atoms with Gasteiger partial charge in [-0.1, -0.05) is 0 Å². The highest BCUT2D eigenvalue weighted by Crippen LogP contribution is 2.47. The van der Waals surface area contributed by atoms with Gasteiger partial charge in [0, 0.05) is 43.7 Å². The average molecular weight is 521 g/mol. The van der Waals surface area contributed by atoms with Gasteiger partial charge in [-0.05, 0) is 55.7 Å². The fourth-order valence-electron chi connectivity index (χ4n) is 6.50. The topological polar surface area (TPSA) is 103 Å². The number of aryl methyl sites for hydroxylation is 2. The molecule has 0 amide bonds. The van der Waals surface area contributed by atoms with E-state index in [0.717, 1.165) is 52.8 Å². The maximum atomic E-state index is 6.19. The molecule has 2 bridgehead atoms. The number of benzene rings is 2. The van der Waals surface area contributed by atoms with Crippen LogP contribution in [-0.4, -0.2) is 54.8 Å². The minimum Gasteiger partial charge on any atom is -0.457 e. The summed E-state index contributed by atoms with van der Waals surface area (Å²) in [6.45, 7) is 3.92. The molecule has 4 atom stereocenters. The maximum Gasteiger partial charge on any atom is 0.226 e. The Morgan fingerprint density at radius 1 is 0.949 bits per heavy atom. The summed E-state index contributed by atoms with van der Waals surface area (Å²) >= 11 is 0. The fourth-order valence-corrected chi connectivity index (χ4v) is 6.50. The van der Waals surface area contributed by atoms with E-state index in [1.54, 1.807) is 18.9 Å². The van der Waals surface area contributed by atoms with E-state index in [4.69, 9.17) is 14.5 Å². The van der Waals surface area contributed by atoms with E-state index in [1.165, 1.54) is 12.8 Å². The molecule has 0 radical (unpaired) electrons. The van der Waals surface area contributed by atoms with E-state index in [9.17, 15) is 0 Å². The van der Waals surface area contributed by atoms with Gasteiger partial charge in [0.15, 0.2) is 5.82 Å². The van der Waals surface area contributed by atoms with Gasteiger partial charge in [0.2, 0.25) is 5.95 Å². The van der Waals surface area contributed by atoms with Crippen LogP contribution < -0.4 is 15.0 Å². The second kappa shape index (κ2) is 8.60. The summed E-state index contributed by atoms with van der Waals surface area (Å²) in [5.74, 6) is 4.09. The van der Waals surface area contributed by atoms with Crippen molar-refractivity contribution in [3.8, 4) is 11.5 Å². The standard InChI is InChI=1S/C29H28N8O2/c1-16-9-17(3-6-24(16)38-18-4-5-23-21(10-18)33-15-36(23)2)34-28-27-22(31-14-32-28)11-30-29(35-27)37-12-19-20(13-37)26-8-7-25(19)39-26/h3-6,9-11,14-15,19-20,25-26H,7-8,12-13H2,1-2H3,(H,31,32,34). The van der Waals surface area contributed by atoms with Gasteiger partial charge >= 0.3 is 0 Å². The Labute approximate surface area is 225 Å². The van der Waals surface area contributed by atoms with Crippen molar-refractivity contribution >= 4 is 39.5 Å². The molecule has 10 nitrogen and oxygen atoms in total. The van der Waals surface area contributed by atoms with Crippen LogP contribution in [-0.2, 0) is 11.8 Å². The first-order valence-electron chi connectivity index (χ1n) is 13.4. The minimum absolute atomic E-state index is 0.402. The SMILES string of the molecule is Cc1cc(Nc2ncnc3cnc(N4CC5C6CCC(O6)C5C4)nc23)ccc1Oc1ccc2c(c1)ncn2C. The van der Waals surface area contributed by atoms with Crippen molar-refractivity contribution in [1.29, 1.82) is 0 Å². The first kappa shape index (κ1) is 22.7. The Hall–Kier alpha value is -4.31. The Kier molecular flexibility index (Phi) is 5.00. The predicted molar refractivity (Wildman–Crippen MR) is 147 cm³/mol. The second-order valence-corrected chi connectivity index (χ2v) is 10.9. The van der Waals surface area contributed by atoms with Gasteiger partial charge in [0.05, 0.1) is 35.8 Å². The monoisotopic (exact) mass is 520 g/mol. The number of hydrogen-bond donors (Lipinski definition) is 1. The van der Waals surface area contributed by atoms with Crippen molar-refractivity contribution in [2.75, 3.05) is 23.3 Å². The Morgan fingerprint density at radius 3 is 2.62 bits per heavy atom. The molecular formula is C29H28N8O2. The van der Waals surface area contributed by atoms with Crippen LogP contribution in [0.2, 0.25) is 0 Å². The minimum atomic E-state index is 0.402. The Morgan fingerprint density at radius 2 is 1.79 bits per heavy atom. The molecule has 10 heteroatoms. The highest BCUT2D eigenvalue weighted by Gasteiger charge is 2.53. The summed E-state index contributed by atoms with van der Waals surface area (Å²) in [5, 5.41) is 3.44. The molecule has 0 aliphatic carbocycles. The lowest BCUT2D eigenvalue weighted by Gasteiger charge is -2.19. The quantitative estimate of drug-likeness (QED) is 0.351. The summed E-state index contributed by atoms with van der Waals surface area (Å²) in [6.07, 6.45) is 8.31. The summed E-state index contributed by atoms with van der Waals surface area (Å²) in [7, 11) is 1.98. The van der Waals surface area contributed by atoms with Crippen molar-refractivity contribution in [3.63, 3.8) is 0 Å². The zero-order valence-corrected chi connectivity index (χ0v) is 21.8. The van der Waals surface area contributed by atoms with E-state index in [1.807, 2.05) is 54.9 Å². The van der Waals surface area contributed by atoms with Gasteiger partial charge in [-0.25, -0.2) is 24.9 Å². The second-order valence-electron chi connectivity index (χ2n) is 10.9. The maximum absolute atomic E-state index is 6.19. The number of nitrogens with one attached hydrogen (secondary N) is 1. The lowest BCUT2D eigenvalue weighted by molar-refractivity contribution is 0.0849. The summed E-state index contributed by atoms with van der Waals surface area (Å²) in [6, 6.07) is 11.9. The molecule has 3 saturated heterocycles. The molecule has 2 aromatic carbocycles. The molecule has 4 unspecified atom stereocenters. The molecular weight excluding hydrogens is 492 g/mol. The first-order valence-corrected chi connectivity index (χ1v) is 13.4. The number of ether oxygens (including phenoxy) is 2. The average Bonchev–Trinajstić information content (AvgIpc) is 3.73. The number of aromatic nitrogens is 6. The Balaban J connectivity index is 1.04. The Bertz CT molecular complexity index is 1720. The van der Waals surface area contributed by atoms with Crippen LogP contribution in [0.25, 0.3) is 22.1 Å². The number of nitrogens with zero attached hydrogens (tertiary/aromatic N) is 7. The number of imidazole rings is 1. The lowest BCUT2D eigenvalue weighted by Crippen LogP contribution is -2.26.